The summed E-state index contributed by atoms with van der Waals surface area (Å²) in [6.45, 7) is 5.53. The van der Waals surface area contributed by atoms with Crippen molar-refractivity contribution in [2.75, 3.05) is 0 Å². The molecule has 5 heteroatoms. The Morgan fingerprint density at radius 3 is 2.26 bits per heavy atom. The summed E-state index contributed by atoms with van der Waals surface area (Å²) in [6.07, 6.45) is 1.29. The Bertz CT molecular complexity index is 669. The van der Waals surface area contributed by atoms with Crippen LogP contribution < -0.4 is 11.2 Å². The van der Waals surface area contributed by atoms with E-state index >= 15 is 0 Å². The van der Waals surface area contributed by atoms with Crippen LogP contribution in [-0.4, -0.2) is 15.5 Å². The predicted molar refractivity (Wildman–Crippen MR) is 73.6 cm³/mol. The molecule has 1 aromatic heterocycles. The number of aromatic nitrogens is 2. The topological polar surface area (TPSA) is 71.9 Å². The molecule has 1 aromatic carbocycles. The molecular weight excluding hydrogens is 244 g/mol. The average Bonchev–Trinajstić information content (AvgIpc) is 2.46. The normalized spacial score (nSPS) is 9.42. The van der Waals surface area contributed by atoms with Crippen LogP contribution in [0.3, 0.4) is 0 Å². The Labute approximate surface area is 110 Å². The SMILES string of the molecule is CC.Cc1c[nH]c(=O)n(C(=O)c2ccccc2)c1=O. The van der Waals surface area contributed by atoms with Gasteiger partial charge in [0, 0.05) is 17.3 Å². The fraction of sp³-hybridized carbons (Fsp3) is 0.214. The number of nitrogens with one attached hydrogen (secondary N) is 1. The third-order valence-electron chi connectivity index (χ3n) is 2.38. The summed E-state index contributed by atoms with van der Waals surface area (Å²) < 4.78 is 0.602. The van der Waals surface area contributed by atoms with Gasteiger partial charge >= 0.3 is 5.69 Å². The van der Waals surface area contributed by atoms with Crippen LogP contribution >= 0.6 is 0 Å². The van der Waals surface area contributed by atoms with Crippen molar-refractivity contribution in [3.05, 3.63) is 68.5 Å². The van der Waals surface area contributed by atoms with Gasteiger partial charge in [0.25, 0.3) is 11.5 Å². The lowest BCUT2D eigenvalue weighted by Gasteiger charge is -2.03. The van der Waals surface area contributed by atoms with Crippen LogP contribution in [0.1, 0.15) is 29.8 Å². The summed E-state index contributed by atoms with van der Waals surface area (Å²) in [5, 5.41) is 0. The van der Waals surface area contributed by atoms with E-state index in [4.69, 9.17) is 0 Å². The minimum absolute atomic E-state index is 0.297. The largest absolute Gasteiger partial charge is 0.335 e. The van der Waals surface area contributed by atoms with Gasteiger partial charge in [0.05, 0.1) is 0 Å². The van der Waals surface area contributed by atoms with Crippen molar-refractivity contribution in [3.63, 3.8) is 0 Å². The second-order valence-electron chi connectivity index (χ2n) is 3.59. The van der Waals surface area contributed by atoms with Gasteiger partial charge in [-0.3, -0.25) is 9.59 Å². The highest BCUT2D eigenvalue weighted by Gasteiger charge is 2.14. The number of carbonyl (C=O) groups is 1. The lowest BCUT2D eigenvalue weighted by molar-refractivity contribution is 0.0950. The highest BCUT2D eigenvalue weighted by atomic mass is 16.2. The van der Waals surface area contributed by atoms with E-state index in [1.54, 1.807) is 30.3 Å². The zero-order chi connectivity index (χ0) is 14.4. The summed E-state index contributed by atoms with van der Waals surface area (Å²) in [7, 11) is 0. The van der Waals surface area contributed by atoms with Crippen LogP contribution in [-0.2, 0) is 0 Å². The average molecular weight is 260 g/mol. The van der Waals surface area contributed by atoms with Gasteiger partial charge in [-0.1, -0.05) is 32.0 Å². The smallest absolute Gasteiger partial charge is 0.313 e. The second kappa shape index (κ2) is 6.49. The molecule has 0 saturated heterocycles. The highest BCUT2D eigenvalue weighted by molar-refractivity contribution is 5.95. The zero-order valence-electron chi connectivity index (χ0n) is 11.1. The fourth-order valence-corrected chi connectivity index (χ4v) is 1.46. The lowest BCUT2D eigenvalue weighted by Crippen LogP contribution is -2.40. The molecule has 2 rings (SSSR count). The van der Waals surface area contributed by atoms with Crippen LogP contribution in [0, 0.1) is 6.92 Å². The van der Waals surface area contributed by atoms with Gasteiger partial charge in [0.1, 0.15) is 0 Å². The molecule has 0 aliphatic rings. The molecule has 2 aromatic rings. The second-order valence-corrected chi connectivity index (χ2v) is 3.59. The molecular formula is C14H16N2O3. The number of benzene rings is 1. The van der Waals surface area contributed by atoms with Crippen molar-refractivity contribution in [2.24, 2.45) is 0 Å². The molecule has 0 bridgehead atoms. The standard InChI is InChI=1S/C12H10N2O3.C2H6/c1-8-7-13-12(17)14(10(8)15)11(16)9-5-3-2-4-6-9;1-2/h2-7H,1H3,(H,13,17);1-2H3. The Kier molecular flexibility index (Phi) is 5.00. The molecule has 0 aliphatic carbocycles. The quantitative estimate of drug-likeness (QED) is 0.845. The van der Waals surface area contributed by atoms with Gasteiger partial charge in [0.15, 0.2) is 0 Å². The molecule has 0 spiro atoms. The van der Waals surface area contributed by atoms with Gasteiger partial charge in [-0.2, -0.15) is 4.57 Å². The maximum absolute atomic E-state index is 12.0. The molecule has 0 amide bonds. The molecule has 0 fully saturated rings. The molecule has 0 saturated carbocycles. The summed E-state index contributed by atoms with van der Waals surface area (Å²) in [5.74, 6) is -0.624. The van der Waals surface area contributed by atoms with Crippen molar-refractivity contribution in [1.82, 2.24) is 9.55 Å². The van der Waals surface area contributed by atoms with Crippen molar-refractivity contribution in [1.29, 1.82) is 0 Å². The number of aryl methyl sites for hydroxylation is 1. The number of hydrogen-bond donors (Lipinski definition) is 1. The van der Waals surface area contributed by atoms with E-state index in [9.17, 15) is 14.4 Å². The fourth-order valence-electron chi connectivity index (χ4n) is 1.46. The van der Waals surface area contributed by atoms with Crippen molar-refractivity contribution < 1.29 is 4.79 Å². The molecule has 1 N–H and O–H groups in total. The summed E-state index contributed by atoms with van der Waals surface area (Å²) >= 11 is 0. The van der Waals surface area contributed by atoms with Crippen molar-refractivity contribution >= 4 is 5.91 Å². The van der Waals surface area contributed by atoms with Crippen molar-refractivity contribution in [3.8, 4) is 0 Å². The Morgan fingerprint density at radius 2 is 1.68 bits per heavy atom. The first-order valence-electron chi connectivity index (χ1n) is 6.02. The Hall–Kier alpha value is -2.43. The number of nitrogens with zero attached hydrogens (tertiary/aromatic N) is 1. The summed E-state index contributed by atoms with van der Waals surface area (Å²) in [4.78, 5) is 37.5. The molecule has 0 unspecified atom stereocenters. The first kappa shape index (κ1) is 14.6. The third-order valence-corrected chi connectivity index (χ3v) is 2.38. The van der Waals surface area contributed by atoms with E-state index in [0.29, 0.717) is 15.7 Å². The monoisotopic (exact) mass is 260 g/mol. The number of hydrogen-bond acceptors (Lipinski definition) is 3. The highest BCUT2D eigenvalue weighted by Crippen LogP contribution is 1.99. The van der Waals surface area contributed by atoms with Crippen LogP contribution in [0.4, 0.5) is 0 Å². The number of H-pyrrole nitrogens is 1. The van der Waals surface area contributed by atoms with Crippen LogP contribution in [0.15, 0.2) is 46.1 Å². The predicted octanol–water partition coefficient (Wildman–Crippen LogP) is 1.56. The van der Waals surface area contributed by atoms with Crippen molar-refractivity contribution in [2.45, 2.75) is 20.8 Å². The maximum atomic E-state index is 12.0. The van der Waals surface area contributed by atoms with Crippen LogP contribution in [0.5, 0.6) is 0 Å². The first-order chi connectivity index (χ1) is 9.11. The van der Waals surface area contributed by atoms with E-state index < -0.39 is 17.2 Å². The maximum Gasteiger partial charge on any atom is 0.335 e. The molecule has 0 atom stereocenters. The van der Waals surface area contributed by atoms with Gasteiger partial charge in [-0.15, -0.1) is 0 Å². The molecule has 5 nitrogen and oxygen atoms in total. The first-order valence-corrected chi connectivity index (χ1v) is 6.02. The molecule has 100 valence electrons. The van der Waals surface area contributed by atoms with E-state index in [1.165, 1.54) is 13.1 Å². The van der Waals surface area contributed by atoms with Gasteiger partial charge in [0.2, 0.25) is 0 Å². The van der Waals surface area contributed by atoms with Gasteiger partial charge < -0.3 is 4.98 Å². The zero-order valence-corrected chi connectivity index (χ0v) is 11.1. The lowest BCUT2D eigenvalue weighted by atomic mass is 10.2. The molecule has 0 aliphatic heterocycles. The number of carbonyl (C=O) groups excluding carboxylic acids is 1. The van der Waals surface area contributed by atoms with Crippen LogP contribution in [0.2, 0.25) is 0 Å². The Morgan fingerprint density at radius 1 is 1.11 bits per heavy atom. The van der Waals surface area contributed by atoms with Crippen LogP contribution in [0.25, 0.3) is 0 Å². The number of rotatable bonds is 1. The third kappa shape index (κ3) is 3.07. The summed E-state index contributed by atoms with van der Waals surface area (Å²) in [5.41, 5.74) is -0.711. The molecule has 1 heterocycles. The van der Waals surface area contributed by atoms with E-state index in [0.717, 1.165) is 0 Å². The Balaban J connectivity index is 0.000000861. The minimum atomic E-state index is -0.727. The number of aromatic amines is 1. The van der Waals surface area contributed by atoms with Gasteiger partial charge in [-0.05, 0) is 19.1 Å². The van der Waals surface area contributed by atoms with Gasteiger partial charge in [-0.25, -0.2) is 4.79 Å². The van der Waals surface area contributed by atoms with E-state index in [1.807, 2.05) is 13.8 Å². The van der Waals surface area contributed by atoms with E-state index in [2.05, 4.69) is 4.98 Å². The summed E-state index contributed by atoms with van der Waals surface area (Å²) in [6, 6.07) is 8.19. The molecule has 0 radical (unpaired) electrons. The van der Waals surface area contributed by atoms with E-state index in [-0.39, 0.29) is 0 Å². The minimum Gasteiger partial charge on any atom is -0.313 e. The molecule has 19 heavy (non-hydrogen) atoms.